The number of likely N-dealkylation sites (N-methyl/N-ethyl adjacent to an activating group) is 2. The SMILES string of the molecule is CC[C@@H]1CCC(C)[N+]1(C(=O)C1=C(C(C)C)N2C(=N[C@@](C)(c3ccc(Cl)cc3)[C@H]2c2ccc(Cl)cc2)S1)C(=O)N(C)[C@@H]1CCN(C)C1. The summed E-state index contributed by atoms with van der Waals surface area (Å²) in [5, 5.41) is 2.13. The Hall–Kier alpha value is -2.36. The van der Waals surface area contributed by atoms with Crippen molar-refractivity contribution in [3.8, 4) is 0 Å². The van der Waals surface area contributed by atoms with Crippen LogP contribution in [0, 0.1) is 5.92 Å². The van der Waals surface area contributed by atoms with E-state index in [9.17, 15) is 4.79 Å². The van der Waals surface area contributed by atoms with E-state index < -0.39 is 5.54 Å². The Labute approximate surface area is 288 Å². The summed E-state index contributed by atoms with van der Waals surface area (Å²) in [4.78, 5) is 42.8. The van der Waals surface area contributed by atoms with Gasteiger partial charge in [0.25, 0.3) is 0 Å². The number of thioether (sulfide) groups is 1. The summed E-state index contributed by atoms with van der Waals surface area (Å²) >= 11 is 14.1. The van der Waals surface area contributed by atoms with Crippen LogP contribution in [-0.4, -0.2) is 81.6 Å². The molecule has 2 saturated heterocycles. The Morgan fingerprint density at radius 3 is 2.26 bits per heavy atom. The molecule has 46 heavy (non-hydrogen) atoms. The second-order valence-electron chi connectivity index (χ2n) is 14.0. The number of amides is 3. The van der Waals surface area contributed by atoms with Gasteiger partial charge in [-0.3, -0.25) is 4.90 Å². The molecule has 2 fully saturated rings. The molecule has 0 aromatic heterocycles. The highest BCUT2D eigenvalue weighted by Crippen LogP contribution is 2.57. The molecule has 0 radical (unpaired) electrons. The van der Waals surface area contributed by atoms with E-state index in [4.69, 9.17) is 28.2 Å². The number of nitrogens with zero attached hydrogens (tertiary/aromatic N) is 5. The zero-order chi connectivity index (χ0) is 33.1. The standard InChI is InChI=1S/C36H46Cl2N5O2S/c1-8-29-18-9-23(4)43(29,35(45)41(7)28-19-20-40(6)21-28)33(44)31-30(22(2)3)42-32(24-10-14-26(37)15-11-24)36(5,39-34(42)46-31)25-12-16-27(38)17-13-25/h10-17,22-23,28-29,32H,8-9,18-21H2,1-7H3/q+1/t23?,28-,29-,32-,36+,43?/m1/s1. The maximum absolute atomic E-state index is 15.4. The number of allylic oxidation sites excluding steroid dienone is 1. The number of fused-ring (bicyclic) bond motifs is 1. The second kappa shape index (κ2) is 12.6. The summed E-state index contributed by atoms with van der Waals surface area (Å²) in [7, 11) is 4.01. The van der Waals surface area contributed by atoms with E-state index in [2.05, 4.69) is 63.6 Å². The van der Waals surface area contributed by atoms with Crippen molar-refractivity contribution in [1.29, 1.82) is 0 Å². The van der Waals surface area contributed by atoms with Gasteiger partial charge in [0.15, 0.2) is 5.17 Å². The molecule has 0 aliphatic carbocycles. The number of halogens is 2. The van der Waals surface area contributed by atoms with Crippen LogP contribution in [0.4, 0.5) is 4.79 Å². The van der Waals surface area contributed by atoms with Crippen molar-refractivity contribution in [2.45, 2.75) is 90.0 Å². The Kier molecular flexibility index (Phi) is 9.18. The van der Waals surface area contributed by atoms with Crippen molar-refractivity contribution in [3.63, 3.8) is 0 Å². The molecule has 0 spiro atoms. The smallest absolute Gasteiger partial charge is 0.313 e. The molecule has 7 nitrogen and oxygen atoms in total. The molecular weight excluding hydrogens is 637 g/mol. The van der Waals surface area contributed by atoms with Gasteiger partial charge in [0.05, 0.1) is 12.1 Å². The van der Waals surface area contributed by atoms with E-state index in [1.165, 1.54) is 11.8 Å². The zero-order valence-electron chi connectivity index (χ0n) is 28.0. The molecule has 2 aromatic rings. The number of imide groups is 1. The summed E-state index contributed by atoms with van der Waals surface area (Å²) in [5.41, 5.74) is 2.38. The van der Waals surface area contributed by atoms with Gasteiger partial charge in [-0.05, 0) is 93.4 Å². The third-order valence-corrected chi connectivity index (χ3v) is 12.5. The van der Waals surface area contributed by atoms with Crippen molar-refractivity contribution in [3.05, 3.63) is 80.3 Å². The molecule has 6 atom stereocenters. The lowest BCUT2D eigenvalue weighted by Gasteiger charge is -2.42. The quantitative estimate of drug-likeness (QED) is 0.287. The van der Waals surface area contributed by atoms with Gasteiger partial charge >= 0.3 is 11.9 Å². The maximum atomic E-state index is 15.4. The number of urea groups is 1. The molecule has 0 saturated carbocycles. The second-order valence-corrected chi connectivity index (χ2v) is 15.9. The number of likely N-dealkylation sites (tertiary alicyclic amines) is 2. The molecule has 0 N–H and O–H groups in total. The average molecular weight is 684 g/mol. The Morgan fingerprint density at radius 1 is 1.07 bits per heavy atom. The minimum Gasteiger partial charge on any atom is -0.313 e. The Balaban J connectivity index is 1.49. The molecule has 2 aromatic carbocycles. The fourth-order valence-corrected chi connectivity index (χ4v) is 10.0. The van der Waals surface area contributed by atoms with E-state index in [-0.39, 0.29) is 46.5 Å². The van der Waals surface area contributed by atoms with Crippen LogP contribution in [0.1, 0.15) is 77.5 Å². The lowest BCUT2D eigenvalue weighted by atomic mass is 9.81. The fraction of sp³-hybridized carbons (Fsp3) is 0.528. The Bertz CT molecular complexity index is 1580. The number of hydrogen-bond donors (Lipinski definition) is 0. The van der Waals surface area contributed by atoms with Crippen LogP contribution in [-0.2, 0) is 10.3 Å². The number of carbonyl (C=O) groups is 2. The van der Waals surface area contributed by atoms with Crippen LogP contribution in [0.25, 0.3) is 0 Å². The number of hydrogen-bond acceptors (Lipinski definition) is 6. The highest BCUT2D eigenvalue weighted by molar-refractivity contribution is 8.18. The first-order valence-corrected chi connectivity index (χ1v) is 18.1. The molecule has 4 aliphatic rings. The minimum atomic E-state index is -0.654. The maximum Gasteiger partial charge on any atom is 0.427 e. The van der Waals surface area contributed by atoms with Gasteiger partial charge in [0, 0.05) is 42.2 Å². The van der Waals surface area contributed by atoms with Crippen LogP contribution in [0.2, 0.25) is 10.0 Å². The van der Waals surface area contributed by atoms with Crippen molar-refractivity contribution in [2.75, 3.05) is 27.2 Å². The minimum absolute atomic E-state index is 0.0101. The molecule has 4 aliphatic heterocycles. The highest BCUT2D eigenvalue weighted by atomic mass is 35.5. The number of benzene rings is 2. The summed E-state index contributed by atoms with van der Waals surface area (Å²) < 4.78 is -0.146. The van der Waals surface area contributed by atoms with Crippen LogP contribution < -0.4 is 0 Å². The van der Waals surface area contributed by atoms with Gasteiger partial charge in [0.1, 0.15) is 22.5 Å². The predicted molar refractivity (Wildman–Crippen MR) is 189 cm³/mol. The van der Waals surface area contributed by atoms with Crippen molar-refractivity contribution in [2.24, 2.45) is 10.9 Å². The first-order valence-electron chi connectivity index (χ1n) is 16.6. The van der Waals surface area contributed by atoms with Crippen molar-refractivity contribution in [1.82, 2.24) is 14.7 Å². The van der Waals surface area contributed by atoms with Crippen LogP contribution in [0.3, 0.4) is 0 Å². The number of rotatable bonds is 6. The Morgan fingerprint density at radius 2 is 1.70 bits per heavy atom. The lowest BCUT2D eigenvalue weighted by Crippen LogP contribution is -2.67. The summed E-state index contributed by atoms with van der Waals surface area (Å²) in [6.07, 6.45) is 3.39. The summed E-state index contributed by atoms with van der Waals surface area (Å²) in [5.74, 6) is -0.0650. The largest absolute Gasteiger partial charge is 0.427 e. The number of carbonyl (C=O) groups excluding carboxylic acids is 2. The third kappa shape index (κ3) is 5.23. The van der Waals surface area contributed by atoms with Gasteiger partial charge in [-0.15, -0.1) is 0 Å². The van der Waals surface area contributed by atoms with Crippen LogP contribution in [0.5, 0.6) is 0 Å². The number of quaternary nitrogens is 1. The lowest BCUT2D eigenvalue weighted by molar-refractivity contribution is -0.812. The molecule has 2 unspecified atom stereocenters. The topological polar surface area (TPSA) is 56.2 Å². The molecule has 3 amide bonds. The van der Waals surface area contributed by atoms with Crippen molar-refractivity contribution < 1.29 is 14.1 Å². The zero-order valence-corrected chi connectivity index (χ0v) is 30.3. The predicted octanol–water partition coefficient (Wildman–Crippen LogP) is 8.30. The summed E-state index contributed by atoms with van der Waals surface area (Å²) in [6.45, 7) is 12.4. The first-order chi connectivity index (χ1) is 21.8. The van der Waals surface area contributed by atoms with Gasteiger partial charge in [0.2, 0.25) is 0 Å². The highest BCUT2D eigenvalue weighted by Gasteiger charge is 2.63. The molecule has 6 rings (SSSR count). The molecule has 0 bridgehead atoms. The van der Waals surface area contributed by atoms with Gasteiger partial charge in [-0.1, -0.05) is 68.2 Å². The molecule has 246 valence electrons. The normalized spacial score (nSPS) is 31.2. The summed E-state index contributed by atoms with van der Waals surface area (Å²) in [6, 6.07) is 15.5. The fourth-order valence-electron chi connectivity index (χ4n) is 8.37. The number of amidine groups is 1. The van der Waals surface area contributed by atoms with E-state index in [1.807, 2.05) is 48.3 Å². The number of aliphatic imine (C=N–C) groups is 1. The monoisotopic (exact) mass is 682 g/mol. The van der Waals surface area contributed by atoms with E-state index in [1.54, 1.807) is 0 Å². The van der Waals surface area contributed by atoms with Crippen LogP contribution >= 0.6 is 35.0 Å². The molecule has 10 heteroatoms. The molecular formula is C36H46Cl2N5O2S+. The average Bonchev–Trinajstić information content (AvgIpc) is 3.78. The van der Waals surface area contributed by atoms with E-state index in [0.717, 1.165) is 60.8 Å². The third-order valence-electron chi connectivity index (χ3n) is 10.9. The first kappa shape index (κ1) is 33.5. The van der Waals surface area contributed by atoms with Crippen LogP contribution in [0.15, 0.2) is 64.1 Å². The van der Waals surface area contributed by atoms with E-state index >= 15 is 4.79 Å². The van der Waals surface area contributed by atoms with Gasteiger partial charge < -0.3 is 9.80 Å². The van der Waals surface area contributed by atoms with Gasteiger partial charge in [-0.2, -0.15) is 4.48 Å². The van der Waals surface area contributed by atoms with Crippen molar-refractivity contribution >= 4 is 52.1 Å². The molecule has 4 heterocycles. The van der Waals surface area contributed by atoms with Gasteiger partial charge in [-0.25, -0.2) is 14.6 Å². The van der Waals surface area contributed by atoms with E-state index in [0.29, 0.717) is 15.0 Å².